The van der Waals surface area contributed by atoms with Gasteiger partial charge >= 0.3 is 5.76 Å². The van der Waals surface area contributed by atoms with Crippen LogP contribution < -0.4 is 11.1 Å². The highest BCUT2D eigenvalue weighted by Crippen LogP contribution is 2.20. The lowest BCUT2D eigenvalue weighted by Crippen LogP contribution is -2.29. The molecule has 1 N–H and O–H groups in total. The van der Waals surface area contributed by atoms with Crippen molar-refractivity contribution >= 4 is 17.2 Å². The maximum absolute atomic E-state index is 11.8. The molecular weight excluding hydrogens is 308 g/mol. The topological polar surface area (TPSA) is 103 Å². The van der Waals surface area contributed by atoms with Crippen LogP contribution in [0.15, 0.2) is 37.3 Å². The third-order valence-electron chi connectivity index (χ3n) is 2.80. The Kier molecular flexibility index (Phi) is 3.88. The van der Waals surface area contributed by atoms with Gasteiger partial charge in [0.1, 0.15) is 0 Å². The second-order valence-corrected chi connectivity index (χ2v) is 5.41. The molecule has 8 nitrogen and oxygen atoms in total. The van der Waals surface area contributed by atoms with E-state index in [9.17, 15) is 9.59 Å². The number of hydrogen-bond acceptors (Lipinski definition) is 7. The largest absolute Gasteiger partial charge is 0.437 e. The number of rotatable bonds is 5. The molecule has 114 valence electrons. The SMILES string of the molecule is Cc1cc(C(=O)NCCn2nc(-c3cccs3)oc2=O)on1. The van der Waals surface area contributed by atoms with E-state index in [1.165, 1.54) is 22.1 Å². The third kappa shape index (κ3) is 2.98. The van der Waals surface area contributed by atoms with E-state index >= 15 is 0 Å². The number of aryl methyl sites for hydroxylation is 1. The Bertz CT molecular complexity index is 830. The Balaban J connectivity index is 1.60. The first kappa shape index (κ1) is 14.3. The minimum Gasteiger partial charge on any atom is -0.387 e. The summed E-state index contributed by atoms with van der Waals surface area (Å²) >= 11 is 1.43. The molecule has 0 saturated carbocycles. The van der Waals surface area contributed by atoms with Gasteiger partial charge < -0.3 is 14.3 Å². The number of carbonyl (C=O) groups excluding carboxylic acids is 1. The average molecular weight is 320 g/mol. The predicted molar refractivity (Wildman–Crippen MR) is 77.6 cm³/mol. The van der Waals surface area contributed by atoms with Gasteiger partial charge in [-0.15, -0.1) is 16.4 Å². The van der Waals surface area contributed by atoms with Crippen LogP contribution in [0.5, 0.6) is 0 Å². The first-order valence-corrected chi connectivity index (χ1v) is 7.35. The molecule has 0 atom stereocenters. The average Bonchev–Trinajstić information content (AvgIpc) is 3.20. The monoisotopic (exact) mass is 320 g/mol. The molecule has 3 rings (SSSR count). The van der Waals surface area contributed by atoms with E-state index in [0.29, 0.717) is 5.69 Å². The molecule has 3 aromatic heterocycles. The number of nitrogens with zero attached hydrogens (tertiary/aromatic N) is 3. The third-order valence-corrected chi connectivity index (χ3v) is 3.66. The number of nitrogens with one attached hydrogen (secondary N) is 1. The number of carbonyl (C=O) groups is 1. The Labute approximate surface area is 128 Å². The maximum atomic E-state index is 11.8. The maximum Gasteiger partial charge on any atom is 0.437 e. The second kappa shape index (κ2) is 5.98. The molecular formula is C13H12N4O4S. The number of aromatic nitrogens is 3. The van der Waals surface area contributed by atoms with Crippen molar-refractivity contribution in [3.8, 4) is 10.8 Å². The molecule has 0 saturated heterocycles. The summed E-state index contributed by atoms with van der Waals surface area (Å²) in [5.74, 6) is -0.551. The highest BCUT2D eigenvalue weighted by molar-refractivity contribution is 7.13. The molecule has 0 aromatic carbocycles. The zero-order valence-corrected chi connectivity index (χ0v) is 12.4. The quantitative estimate of drug-likeness (QED) is 0.760. The molecule has 0 bridgehead atoms. The summed E-state index contributed by atoms with van der Waals surface area (Å²) in [5.41, 5.74) is 0.624. The Morgan fingerprint density at radius 3 is 3.05 bits per heavy atom. The van der Waals surface area contributed by atoms with Gasteiger partial charge in [-0.05, 0) is 18.4 Å². The summed E-state index contributed by atoms with van der Waals surface area (Å²) in [6.45, 7) is 2.14. The van der Waals surface area contributed by atoms with Gasteiger partial charge in [0.15, 0.2) is 0 Å². The van der Waals surface area contributed by atoms with Crippen LogP contribution in [0.3, 0.4) is 0 Å². The summed E-state index contributed by atoms with van der Waals surface area (Å²) in [5, 5.41) is 12.2. The Morgan fingerprint density at radius 1 is 1.50 bits per heavy atom. The van der Waals surface area contributed by atoms with Gasteiger partial charge in [-0.25, -0.2) is 4.79 Å². The fraction of sp³-hybridized carbons (Fsp3) is 0.231. The molecule has 9 heteroatoms. The van der Waals surface area contributed by atoms with Crippen molar-refractivity contribution in [3.63, 3.8) is 0 Å². The predicted octanol–water partition coefficient (Wildman–Crippen LogP) is 1.29. The van der Waals surface area contributed by atoms with E-state index in [4.69, 9.17) is 8.94 Å². The van der Waals surface area contributed by atoms with Gasteiger partial charge in [-0.3, -0.25) is 4.79 Å². The molecule has 0 radical (unpaired) electrons. The minimum absolute atomic E-state index is 0.129. The van der Waals surface area contributed by atoms with E-state index in [-0.39, 0.29) is 24.7 Å². The number of thiophene rings is 1. The van der Waals surface area contributed by atoms with Crippen LogP contribution in [-0.2, 0) is 6.54 Å². The number of hydrogen-bond donors (Lipinski definition) is 1. The van der Waals surface area contributed by atoms with Crippen LogP contribution in [-0.4, -0.2) is 27.4 Å². The standard InChI is InChI=1S/C13H12N4O4S/c1-8-7-9(21-16-8)11(18)14-4-5-17-13(19)20-12(15-17)10-3-2-6-22-10/h2-3,6-7H,4-5H2,1H3,(H,14,18). The van der Waals surface area contributed by atoms with Crippen molar-refractivity contribution in [2.75, 3.05) is 6.54 Å². The van der Waals surface area contributed by atoms with Gasteiger partial charge in [0.2, 0.25) is 5.76 Å². The van der Waals surface area contributed by atoms with E-state index in [2.05, 4.69) is 15.6 Å². The van der Waals surface area contributed by atoms with Crippen molar-refractivity contribution in [1.82, 2.24) is 20.3 Å². The smallest absolute Gasteiger partial charge is 0.387 e. The van der Waals surface area contributed by atoms with Crippen LogP contribution >= 0.6 is 11.3 Å². The Hall–Kier alpha value is -2.68. The summed E-state index contributed by atoms with van der Waals surface area (Å²) in [4.78, 5) is 24.2. The minimum atomic E-state index is -0.562. The van der Waals surface area contributed by atoms with Crippen molar-refractivity contribution in [3.05, 3.63) is 45.6 Å². The highest BCUT2D eigenvalue weighted by atomic mass is 32.1. The normalized spacial score (nSPS) is 10.8. The van der Waals surface area contributed by atoms with E-state index in [0.717, 1.165) is 4.88 Å². The van der Waals surface area contributed by atoms with Gasteiger partial charge in [-0.1, -0.05) is 11.2 Å². The van der Waals surface area contributed by atoms with Crippen LogP contribution in [0, 0.1) is 6.92 Å². The summed E-state index contributed by atoms with van der Waals surface area (Å²) in [6.07, 6.45) is 0. The zero-order valence-electron chi connectivity index (χ0n) is 11.6. The Morgan fingerprint density at radius 2 is 2.36 bits per heavy atom. The summed E-state index contributed by atoms with van der Waals surface area (Å²) < 4.78 is 11.1. The number of amides is 1. The van der Waals surface area contributed by atoms with Gasteiger partial charge in [0, 0.05) is 12.6 Å². The molecule has 3 heterocycles. The lowest BCUT2D eigenvalue weighted by atomic mass is 10.3. The summed E-state index contributed by atoms with van der Waals surface area (Å²) in [7, 11) is 0. The van der Waals surface area contributed by atoms with Crippen LogP contribution in [0.2, 0.25) is 0 Å². The van der Waals surface area contributed by atoms with Crippen molar-refractivity contribution in [2.45, 2.75) is 13.5 Å². The van der Waals surface area contributed by atoms with Gasteiger partial charge in [0.05, 0.1) is 17.1 Å². The second-order valence-electron chi connectivity index (χ2n) is 4.46. The van der Waals surface area contributed by atoms with Gasteiger partial charge in [-0.2, -0.15) is 4.68 Å². The van der Waals surface area contributed by atoms with E-state index in [1.54, 1.807) is 6.92 Å². The lowest BCUT2D eigenvalue weighted by Gasteiger charge is -2.00. The first-order valence-electron chi connectivity index (χ1n) is 6.47. The van der Waals surface area contributed by atoms with Gasteiger partial charge in [0.25, 0.3) is 11.8 Å². The molecule has 3 aromatic rings. The van der Waals surface area contributed by atoms with Crippen molar-refractivity contribution < 1.29 is 13.7 Å². The molecule has 0 spiro atoms. The molecule has 0 unspecified atom stereocenters. The molecule has 0 aliphatic rings. The first-order chi connectivity index (χ1) is 10.6. The van der Waals surface area contributed by atoms with Crippen molar-refractivity contribution in [2.24, 2.45) is 0 Å². The lowest BCUT2D eigenvalue weighted by molar-refractivity contribution is 0.0914. The van der Waals surface area contributed by atoms with Crippen LogP contribution in [0.25, 0.3) is 10.8 Å². The van der Waals surface area contributed by atoms with Crippen LogP contribution in [0.4, 0.5) is 0 Å². The molecule has 0 fully saturated rings. The summed E-state index contributed by atoms with van der Waals surface area (Å²) in [6, 6.07) is 5.19. The highest BCUT2D eigenvalue weighted by Gasteiger charge is 2.13. The molecule has 1 amide bonds. The zero-order chi connectivity index (χ0) is 15.5. The van der Waals surface area contributed by atoms with E-state index < -0.39 is 11.7 Å². The molecule has 0 aliphatic heterocycles. The van der Waals surface area contributed by atoms with Crippen LogP contribution in [0.1, 0.15) is 16.2 Å². The van der Waals surface area contributed by atoms with Crippen molar-refractivity contribution in [1.29, 1.82) is 0 Å². The molecule has 0 aliphatic carbocycles. The fourth-order valence-corrected chi connectivity index (χ4v) is 2.42. The van der Waals surface area contributed by atoms with E-state index in [1.807, 2.05) is 17.5 Å². The fourth-order valence-electron chi connectivity index (χ4n) is 1.78. The molecule has 22 heavy (non-hydrogen) atoms.